The van der Waals surface area contributed by atoms with Gasteiger partial charge in [0.05, 0.1) is 25.2 Å². The zero-order valence-electron chi connectivity index (χ0n) is 33.2. The van der Waals surface area contributed by atoms with E-state index in [0.717, 1.165) is 0 Å². The second-order valence-electron chi connectivity index (χ2n) is 13.6. The molecular weight excluding hydrogens is 766 g/mol. The summed E-state index contributed by atoms with van der Waals surface area (Å²) in [6, 6.07) is -4.79. The van der Waals surface area contributed by atoms with Crippen LogP contribution in [0.4, 0.5) is 0 Å². The molecule has 0 heterocycles. The van der Waals surface area contributed by atoms with Crippen LogP contribution in [0.3, 0.4) is 0 Å². The Morgan fingerprint density at radius 3 is 1.75 bits per heavy atom. The fourth-order valence-corrected chi connectivity index (χ4v) is 5.52. The minimum Gasteiger partial charge on any atom is -0.481 e. The molecule has 9 N–H and O–H groups in total. The van der Waals surface area contributed by atoms with E-state index in [0.29, 0.717) is 25.8 Å². The molecule has 56 heavy (non-hydrogen) atoms. The van der Waals surface area contributed by atoms with Crippen LogP contribution in [0.2, 0.25) is 0 Å². The van der Waals surface area contributed by atoms with Crippen LogP contribution in [-0.2, 0) is 57.9 Å². The Labute approximate surface area is 327 Å². The van der Waals surface area contributed by atoms with Crippen molar-refractivity contribution in [3.05, 3.63) is 0 Å². The van der Waals surface area contributed by atoms with E-state index in [4.69, 9.17) is 9.47 Å². The van der Waals surface area contributed by atoms with E-state index in [1.54, 1.807) is 6.92 Å². The highest BCUT2D eigenvalue weighted by molar-refractivity contribution is 7.85. The third kappa shape index (κ3) is 24.9. The Hall–Kier alpha value is -4.41. The summed E-state index contributed by atoms with van der Waals surface area (Å²) < 4.78 is 43.0. The number of hydrogen-bond donors (Lipinski definition) is 9. The monoisotopic (exact) mass is 827 g/mol. The molecule has 3 unspecified atom stereocenters. The largest absolute Gasteiger partial charge is 0.481 e. The lowest BCUT2D eigenvalue weighted by Crippen LogP contribution is -2.56. The fourth-order valence-electron chi connectivity index (χ4n) is 4.87. The highest BCUT2D eigenvalue weighted by Crippen LogP contribution is 2.34. The highest BCUT2D eigenvalue weighted by atomic mass is 32.2. The van der Waals surface area contributed by atoms with Crippen LogP contribution in [0, 0.1) is 10.8 Å². The van der Waals surface area contributed by atoms with Crippen LogP contribution < -0.4 is 26.6 Å². The maximum atomic E-state index is 13.0. The molecule has 0 aromatic carbocycles. The van der Waals surface area contributed by atoms with Gasteiger partial charge in [0.1, 0.15) is 30.5 Å². The van der Waals surface area contributed by atoms with Crippen molar-refractivity contribution in [2.24, 2.45) is 10.8 Å². The SMILES string of the molecule is CC.CCC(=O)NCCCCC(NC(=O)COCCOCCNC(=O)CCC(NC(=O)C(CS(=O)(=O)O)NC(=O)C(C)(C)CC(C)(C)C(=O)O)C(=O)O)C(=O)O. The van der Waals surface area contributed by atoms with Gasteiger partial charge in [-0.05, 0) is 46.0 Å². The molecule has 5 amide bonds. The van der Waals surface area contributed by atoms with Gasteiger partial charge in [0.2, 0.25) is 29.5 Å². The fraction of sp³-hybridized carbons (Fsp3) is 0.765. The first-order chi connectivity index (χ1) is 25.9. The molecule has 0 spiro atoms. The van der Waals surface area contributed by atoms with Gasteiger partial charge in [0.25, 0.3) is 10.1 Å². The normalized spacial score (nSPS) is 13.1. The van der Waals surface area contributed by atoms with E-state index >= 15 is 0 Å². The number of unbranched alkanes of at least 4 members (excludes halogenated alkanes) is 1. The molecule has 0 saturated carbocycles. The summed E-state index contributed by atoms with van der Waals surface area (Å²) in [6.45, 7) is 11.1. The van der Waals surface area contributed by atoms with Gasteiger partial charge >= 0.3 is 17.9 Å². The van der Waals surface area contributed by atoms with Gasteiger partial charge in [-0.3, -0.25) is 33.3 Å². The Balaban J connectivity index is 0. The zero-order chi connectivity index (χ0) is 43.7. The van der Waals surface area contributed by atoms with Gasteiger partial charge < -0.3 is 51.4 Å². The zero-order valence-corrected chi connectivity index (χ0v) is 34.0. The first kappa shape index (κ1) is 53.7. The molecule has 324 valence electrons. The molecule has 0 aromatic rings. The number of carboxylic acids is 3. The van der Waals surface area contributed by atoms with Gasteiger partial charge in [0, 0.05) is 31.3 Å². The van der Waals surface area contributed by atoms with Crippen LogP contribution in [0.25, 0.3) is 0 Å². The Morgan fingerprint density at radius 2 is 1.21 bits per heavy atom. The summed E-state index contributed by atoms with van der Waals surface area (Å²) >= 11 is 0. The van der Waals surface area contributed by atoms with Crippen LogP contribution in [-0.4, -0.2) is 139 Å². The van der Waals surface area contributed by atoms with Crippen molar-refractivity contribution < 1.29 is 76.1 Å². The maximum Gasteiger partial charge on any atom is 0.326 e. The predicted molar refractivity (Wildman–Crippen MR) is 200 cm³/mol. The van der Waals surface area contributed by atoms with Gasteiger partial charge in [-0.2, -0.15) is 8.42 Å². The van der Waals surface area contributed by atoms with E-state index in [9.17, 15) is 66.6 Å². The van der Waals surface area contributed by atoms with E-state index < -0.39 is 106 Å². The first-order valence-electron chi connectivity index (χ1n) is 18.2. The molecule has 0 fully saturated rings. The van der Waals surface area contributed by atoms with Crippen molar-refractivity contribution in [2.75, 3.05) is 45.3 Å². The number of carbonyl (C=O) groups is 8. The molecule has 22 heteroatoms. The van der Waals surface area contributed by atoms with Crippen molar-refractivity contribution in [1.82, 2.24) is 26.6 Å². The smallest absolute Gasteiger partial charge is 0.326 e. The third-order valence-electron chi connectivity index (χ3n) is 7.72. The van der Waals surface area contributed by atoms with Crippen molar-refractivity contribution in [1.29, 1.82) is 0 Å². The summed E-state index contributed by atoms with van der Waals surface area (Å²) in [4.78, 5) is 96.2. The average Bonchev–Trinajstić information content (AvgIpc) is 3.09. The van der Waals surface area contributed by atoms with Crippen LogP contribution in [0.1, 0.15) is 93.4 Å². The Kier molecular flexibility index (Phi) is 26.1. The Morgan fingerprint density at radius 1 is 0.661 bits per heavy atom. The number of rotatable bonds is 29. The molecule has 0 bridgehead atoms. The molecule has 0 aliphatic carbocycles. The van der Waals surface area contributed by atoms with E-state index in [1.165, 1.54) is 27.7 Å². The van der Waals surface area contributed by atoms with Crippen molar-refractivity contribution >= 4 is 57.6 Å². The Bertz CT molecular complexity index is 1420. The molecule has 0 aliphatic heterocycles. The van der Waals surface area contributed by atoms with Gasteiger partial charge in [-0.1, -0.05) is 34.6 Å². The number of amides is 5. The number of nitrogens with one attached hydrogen (secondary N) is 5. The lowest BCUT2D eigenvalue weighted by atomic mass is 9.74. The van der Waals surface area contributed by atoms with Crippen LogP contribution >= 0.6 is 0 Å². The lowest BCUT2D eigenvalue weighted by molar-refractivity contribution is -0.150. The van der Waals surface area contributed by atoms with Gasteiger partial charge in [0.15, 0.2) is 0 Å². The minimum absolute atomic E-state index is 0.00278. The summed E-state index contributed by atoms with van der Waals surface area (Å²) in [5.74, 6) is -8.93. The first-order valence-corrected chi connectivity index (χ1v) is 19.8. The summed E-state index contributed by atoms with van der Waals surface area (Å²) in [7, 11) is -4.88. The van der Waals surface area contributed by atoms with Crippen LogP contribution in [0.15, 0.2) is 0 Å². The average molecular weight is 828 g/mol. The second-order valence-corrected chi connectivity index (χ2v) is 15.1. The molecular formula is C34H61N5O16S. The van der Waals surface area contributed by atoms with Crippen molar-refractivity contribution in [3.8, 4) is 0 Å². The molecule has 0 aliphatic rings. The summed E-state index contributed by atoms with van der Waals surface area (Å²) in [6.07, 6.45) is 0.427. The molecule has 0 saturated heterocycles. The second kappa shape index (κ2) is 27.2. The van der Waals surface area contributed by atoms with Gasteiger partial charge in [-0.15, -0.1) is 0 Å². The number of carbonyl (C=O) groups excluding carboxylic acids is 5. The molecule has 3 atom stereocenters. The predicted octanol–water partition coefficient (Wildman–Crippen LogP) is -0.323. The highest BCUT2D eigenvalue weighted by Gasteiger charge is 2.41. The molecule has 21 nitrogen and oxygen atoms in total. The number of aliphatic carboxylic acids is 3. The topological polar surface area (TPSA) is 330 Å². The van der Waals surface area contributed by atoms with E-state index in [-0.39, 0.29) is 45.1 Å². The lowest BCUT2D eigenvalue weighted by Gasteiger charge is -2.32. The third-order valence-corrected chi connectivity index (χ3v) is 8.48. The maximum absolute atomic E-state index is 13.0. The van der Waals surface area contributed by atoms with Gasteiger partial charge in [-0.25, -0.2) is 9.59 Å². The van der Waals surface area contributed by atoms with E-state index in [2.05, 4.69) is 21.3 Å². The minimum atomic E-state index is -4.88. The van der Waals surface area contributed by atoms with Crippen LogP contribution in [0.5, 0.6) is 0 Å². The van der Waals surface area contributed by atoms with E-state index in [1.807, 2.05) is 19.2 Å². The van der Waals surface area contributed by atoms with Crippen molar-refractivity contribution in [3.63, 3.8) is 0 Å². The van der Waals surface area contributed by atoms with Crippen molar-refractivity contribution in [2.45, 2.75) is 112 Å². The summed E-state index contributed by atoms with van der Waals surface area (Å²) in [5.41, 5.74) is -2.83. The number of hydrogen-bond acceptors (Lipinski definition) is 12. The number of carboxylic acid groups (broad SMARTS) is 3. The number of ether oxygens (including phenoxy) is 2. The molecule has 0 radical (unpaired) electrons. The quantitative estimate of drug-likeness (QED) is 0.0345. The molecule has 0 rings (SSSR count). The standard InChI is InChI=1S/C32H55N5O16S.C2H6/c1-6-23(38)33-12-8-7-9-20(27(42)43)35-25(40)17-53-16-15-52-14-13-34-24(39)11-10-21(28(44)45)36-26(41)22(18-54(49,50)51)37-29(46)31(2,3)19-32(4,5)30(47)48;1-2/h20-22H,6-19H2,1-5H3,(H,33,38)(H,34,39)(H,35,40)(H,36,41)(H,37,46)(H,42,43)(H,44,45)(H,47,48)(H,49,50,51);1-2H3. The summed E-state index contributed by atoms with van der Waals surface area (Å²) in [5, 5.41) is 40.0. The molecule has 0 aromatic heterocycles.